The molecule has 3 rings (SSSR count). The summed E-state index contributed by atoms with van der Waals surface area (Å²) in [4.78, 5) is 29.0. The summed E-state index contributed by atoms with van der Waals surface area (Å²) in [6.45, 7) is 5.18. The van der Waals surface area contributed by atoms with E-state index in [2.05, 4.69) is 5.32 Å². The van der Waals surface area contributed by atoms with Crippen molar-refractivity contribution in [3.8, 4) is 11.5 Å². The first-order valence-electron chi connectivity index (χ1n) is 13.7. The summed E-state index contributed by atoms with van der Waals surface area (Å²) in [7, 11) is -1.19. The van der Waals surface area contributed by atoms with Crippen molar-refractivity contribution < 1.29 is 27.5 Å². The van der Waals surface area contributed by atoms with Gasteiger partial charge in [0.1, 0.15) is 24.1 Å². The van der Waals surface area contributed by atoms with Crippen molar-refractivity contribution in [3.05, 3.63) is 83.4 Å². The molecule has 11 heteroatoms. The number of hydrogen-bond donors (Lipinski definition) is 1. The Hall–Kier alpha value is -3.76. The molecule has 0 spiro atoms. The zero-order chi connectivity index (χ0) is 30.9. The van der Waals surface area contributed by atoms with Crippen molar-refractivity contribution in [3.63, 3.8) is 0 Å². The lowest BCUT2D eigenvalue weighted by atomic mass is 10.1. The van der Waals surface area contributed by atoms with Crippen molar-refractivity contribution in [1.29, 1.82) is 0 Å². The number of rotatable bonds is 14. The average molecular weight is 616 g/mol. The van der Waals surface area contributed by atoms with Crippen LogP contribution in [0.25, 0.3) is 0 Å². The number of carbonyl (C=O) groups is 2. The Morgan fingerprint density at radius 1 is 0.929 bits per heavy atom. The van der Waals surface area contributed by atoms with Crippen LogP contribution in [0.3, 0.4) is 0 Å². The maximum Gasteiger partial charge on any atom is 0.264 e. The normalized spacial score (nSPS) is 12.6. The van der Waals surface area contributed by atoms with E-state index in [9.17, 15) is 18.0 Å². The highest BCUT2D eigenvalue weighted by molar-refractivity contribution is 7.92. The van der Waals surface area contributed by atoms with Gasteiger partial charge in [0.25, 0.3) is 10.0 Å². The summed E-state index contributed by atoms with van der Waals surface area (Å²) in [5.74, 6) is 0.148. The largest absolute Gasteiger partial charge is 0.497 e. The Kier molecular flexibility index (Phi) is 11.6. The van der Waals surface area contributed by atoms with Gasteiger partial charge in [-0.1, -0.05) is 55.8 Å². The SMILES string of the molecule is CCC(C)NC(=O)C(CC)N(Cc1ccc(OC)cc1)C(=O)CN(c1ccc(OC)c(Cl)c1)S(=O)(=O)c1ccccc1. The molecular weight excluding hydrogens is 578 g/mol. The maximum absolute atomic E-state index is 14.2. The van der Waals surface area contributed by atoms with Gasteiger partial charge in [0.15, 0.2) is 0 Å². The van der Waals surface area contributed by atoms with Crippen molar-refractivity contribution in [2.75, 3.05) is 25.1 Å². The van der Waals surface area contributed by atoms with Crippen molar-refractivity contribution in [2.45, 2.75) is 57.1 Å². The molecule has 42 heavy (non-hydrogen) atoms. The molecule has 1 N–H and O–H groups in total. The van der Waals surface area contributed by atoms with Gasteiger partial charge in [-0.05, 0) is 67.8 Å². The molecule has 0 aliphatic rings. The fourth-order valence-corrected chi connectivity index (χ4v) is 6.03. The maximum atomic E-state index is 14.2. The number of carbonyl (C=O) groups excluding carboxylic acids is 2. The number of halogens is 1. The van der Waals surface area contributed by atoms with Gasteiger partial charge in [-0.2, -0.15) is 0 Å². The van der Waals surface area contributed by atoms with Gasteiger partial charge in [-0.3, -0.25) is 13.9 Å². The zero-order valence-corrected chi connectivity index (χ0v) is 26.1. The van der Waals surface area contributed by atoms with Crippen LogP contribution in [0, 0.1) is 0 Å². The van der Waals surface area contributed by atoms with Gasteiger partial charge >= 0.3 is 0 Å². The summed E-state index contributed by atoms with van der Waals surface area (Å²) in [6.07, 6.45) is 1.04. The molecular formula is C31H38ClN3O6S. The molecule has 0 saturated carbocycles. The Balaban J connectivity index is 2.08. The van der Waals surface area contributed by atoms with Crippen molar-refractivity contribution >= 4 is 39.1 Å². The van der Waals surface area contributed by atoms with Gasteiger partial charge in [-0.15, -0.1) is 0 Å². The fourth-order valence-electron chi connectivity index (χ4n) is 4.35. The van der Waals surface area contributed by atoms with E-state index in [-0.39, 0.29) is 34.1 Å². The van der Waals surface area contributed by atoms with Crippen LogP contribution in [-0.4, -0.2) is 58.0 Å². The molecule has 2 amide bonds. The van der Waals surface area contributed by atoms with Gasteiger partial charge in [0.05, 0.1) is 29.8 Å². The van der Waals surface area contributed by atoms with Crippen LogP contribution in [0.15, 0.2) is 77.7 Å². The number of hydrogen-bond acceptors (Lipinski definition) is 6. The number of amides is 2. The molecule has 0 aliphatic carbocycles. The lowest BCUT2D eigenvalue weighted by Crippen LogP contribution is -2.53. The first kappa shape index (κ1) is 32.8. The lowest BCUT2D eigenvalue weighted by Gasteiger charge is -2.33. The van der Waals surface area contributed by atoms with E-state index in [1.165, 1.54) is 36.3 Å². The number of sulfonamides is 1. The van der Waals surface area contributed by atoms with Gasteiger partial charge < -0.3 is 19.7 Å². The van der Waals surface area contributed by atoms with E-state index in [0.29, 0.717) is 17.9 Å². The molecule has 0 heterocycles. The zero-order valence-electron chi connectivity index (χ0n) is 24.5. The molecule has 226 valence electrons. The van der Waals surface area contributed by atoms with Crippen molar-refractivity contribution in [1.82, 2.24) is 10.2 Å². The minimum atomic E-state index is -4.21. The molecule has 2 atom stereocenters. The highest BCUT2D eigenvalue weighted by Gasteiger charge is 2.34. The van der Waals surface area contributed by atoms with Crippen LogP contribution in [0.1, 0.15) is 39.2 Å². The van der Waals surface area contributed by atoms with Crippen LogP contribution in [0.5, 0.6) is 11.5 Å². The summed E-state index contributed by atoms with van der Waals surface area (Å²) in [5.41, 5.74) is 0.934. The second kappa shape index (κ2) is 14.9. The molecule has 0 radical (unpaired) electrons. The number of nitrogens with zero attached hydrogens (tertiary/aromatic N) is 2. The summed E-state index contributed by atoms with van der Waals surface area (Å²) >= 11 is 6.37. The predicted octanol–water partition coefficient (Wildman–Crippen LogP) is 5.27. The summed E-state index contributed by atoms with van der Waals surface area (Å²) in [5, 5.41) is 3.15. The average Bonchev–Trinajstić information content (AvgIpc) is 3.00. The number of ether oxygens (including phenoxy) is 2. The number of benzene rings is 3. The lowest BCUT2D eigenvalue weighted by molar-refractivity contribution is -0.140. The van der Waals surface area contributed by atoms with Crippen LogP contribution >= 0.6 is 11.6 Å². The molecule has 0 bridgehead atoms. The molecule has 0 saturated heterocycles. The molecule has 0 fully saturated rings. The molecule has 3 aromatic carbocycles. The second-order valence-electron chi connectivity index (χ2n) is 9.76. The first-order valence-corrected chi connectivity index (χ1v) is 15.5. The van der Waals surface area contributed by atoms with Gasteiger partial charge in [-0.25, -0.2) is 8.42 Å². The van der Waals surface area contributed by atoms with E-state index in [4.69, 9.17) is 21.1 Å². The molecule has 0 aromatic heterocycles. The summed E-state index contributed by atoms with van der Waals surface area (Å²) in [6, 6.07) is 18.6. The fraction of sp³-hybridized carbons (Fsp3) is 0.355. The van der Waals surface area contributed by atoms with E-state index in [1.54, 1.807) is 55.6 Å². The van der Waals surface area contributed by atoms with Crippen LogP contribution in [0.2, 0.25) is 5.02 Å². The molecule has 3 aromatic rings. The smallest absolute Gasteiger partial charge is 0.264 e. The third kappa shape index (κ3) is 7.95. The first-order chi connectivity index (χ1) is 20.0. The van der Waals surface area contributed by atoms with E-state index in [0.717, 1.165) is 16.3 Å². The van der Waals surface area contributed by atoms with E-state index in [1.807, 2.05) is 20.8 Å². The third-order valence-electron chi connectivity index (χ3n) is 6.93. The van der Waals surface area contributed by atoms with Gasteiger partial charge in [0, 0.05) is 12.6 Å². The monoisotopic (exact) mass is 615 g/mol. The minimum absolute atomic E-state index is 0.00741. The molecule has 2 unspecified atom stereocenters. The minimum Gasteiger partial charge on any atom is -0.497 e. The van der Waals surface area contributed by atoms with Gasteiger partial charge in [0.2, 0.25) is 11.8 Å². The number of nitrogens with one attached hydrogen (secondary N) is 1. The highest BCUT2D eigenvalue weighted by atomic mass is 35.5. The van der Waals surface area contributed by atoms with E-state index >= 15 is 0 Å². The highest BCUT2D eigenvalue weighted by Crippen LogP contribution is 2.32. The predicted molar refractivity (Wildman–Crippen MR) is 164 cm³/mol. The van der Waals surface area contributed by atoms with Crippen LogP contribution in [0.4, 0.5) is 5.69 Å². The van der Waals surface area contributed by atoms with Crippen LogP contribution < -0.4 is 19.1 Å². The molecule has 9 nitrogen and oxygen atoms in total. The Morgan fingerprint density at radius 3 is 2.14 bits per heavy atom. The van der Waals surface area contributed by atoms with Crippen LogP contribution in [-0.2, 0) is 26.2 Å². The Morgan fingerprint density at radius 2 is 1.60 bits per heavy atom. The third-order valence-corrected chi connectivity index (χ3v) is 9.02. The molecule has 0 aliphatic heterocycles. The number of anilines is 1. The Bertz CT molecular complexity index is 1450. The topological polar surface area (TPSA) is 105 Å². The number of methoxy groups -OCH3 is 2. The Labute approximate surface area is 253 Å². The second-order valence-corrected chi connectivity index (χ2v) is 12.0. The van der Waals surface area contributed by atoms with Crippen molar-refractivity contribution in [2.24, 2.45) is 0 Å². The quantitative estimate of drug-likeness (QED) is 0.265. The summed E-state index contributed by atoms with van der Waals surface area (Å²) < 4.78 is 39.4. The van der Waals surface area contributed by atoms with E-state index < -0.39 is 28.5 Å². The standard InChI is InChI=1S/C31H38ClN3O6S/c1-6-22(3)33-31(37)28(7-2)34(20-23-13-16-25(40-4)17-14-23)30(36)21-35(24-15-18-29(41-5)27(32)19-24)42(38,39)26-11-9-8-10-12-26/h8-19,22,28H,6-7,20-21H2,1-5H3,(H,33,37).